The Balaban J connectivity index is 0.882. The number of carbonyl (C=O) groups is 3. The molecule has 13 heteroatoms. The summed E-state index contributed by atoms with van der Waals surface area (Å²) in [6, 6.07) is 22.9. The van der Waals surface area contributed by atoms with Crippen molar-refractivity contribution in [1.82, 2.24) is 34.9 Å². The van der Waals surface area contributed by atoms with Crippen LogP contribution in [0.2, 0.25) is 0 Å². The van der Waals surface area contributed by atoms with Gasteiger partial charge < -0.3 is 20.3 Å². The third-order valence-electron chi connectivity index (χ3n) is 10.1. The van der Waals surface area contributed by atoms with Crippen molar-refractivity contribution in [2.75, 3.05) is 31.1 Å². The smallest absolute Gasteiger partial charge is 0.255 e. The average molecular weight is 717 g/mol. The maximum Gasteiger partial charge on any atom is 0.255 e. The molecule has 1 unspecified atom stereocenters. The second-order valence-electron chi connectivity index (χ2n) is 13.5. The van der Waals surface area contributed by atoms with Crippen LogP contribution in [0.15, 0.2) is 84.0 Å². The Labute approximate surface area is 305 Å². The number of para-hydroxylation sites is 1. The van der Waals surface area contributed by atoms with Gasteiger partial charge in [-0.1, -0.05) is 24.3 Å². The lowest BCUT2D eigenvalue weighted by atomic mass is 10.0. The molecule has 3 aliphatic rings. The van der Waals surface area contributed by atoms with Crippen molar-refractivity contribution in [1.29, 1.82) is 0 Å². The van der Waals surface area contributed by atoms with E-state index < -0.39 is 6.04 Å². The van der Waals surface area contributed by atoms with Crippen molar-refractivity contribution in [3.8, 4) is 22.8 Å². The van der Waals surface area contributed by atoms with Crippen LogP contribution in [-0.2, 0) is 16.1 Å². The summed E-state index contributed by atoms with van der Waals surface area (Å²) in [5.41, 5.74) is 10.5. The molecule has 2 atom stereocenters. The highest BCUT2D eigenvalue weighted by atomic mass is 32.2. The predicted molar refractivity (Wildman–Crippen MR) is 199 cm³/mol. The number of aromatic nitrogens is 4. The monoisotopic (exact) mass is 716 g/mol. The number of piperidine rings is 2. The molecule has 5 heterocycles. The van der Waals surface area contributed by atoms with E-state index in [1.54, 1.807) is 16.7 Å². The van der Waals surface area contributed by atoms with Gasteiger partial charge in [0.25, 0.3) is 5.91 Å². The molecular weight excluding hydrogens is 677 g/mol. The molecule has 5 aromatic rings. The van der Waals surface area contributed by atoms with Crippen LogP contribution < -0.4 is 15.8 Å². The van der Waals surface area contributed by atoms with Gasteiger partial charge in [-0.2, -0.15) is 5.10 Å². The summed E-state index contributed by atoms with van der Waals surface area (Å²) in [5, 5.41) is 8.26. The maximum absolute atomic E-state index is 13.2. The Bertz CT molecular complexity index is 2120. The summed E-state index contributed by atoms with van der Waals surface area (Å²) in [7, 11) is 0. The zero-order valence-electron chi connectivity index (χ0n) is 28.7. The van der Waals surface area contributed by atoms with Gasteiger partial charge in [-0.25, -0.2) is 14.6 Å². The lowest BCUT2D eigenvalue weighted by Gasteiger charge is -2.33. The molecule has 0 saturated carbocycles. The van der Waals surface area contributed by atoms with E-state index in [1.807, 2.05) is 66.7 Å². The van der Waals surface area contributed by atoms with Crippen LogP contribution in [-0.4, -0.2) is 78.7 Å². The number of nitrogens with zero attached hydrogens (tertiary/aromatic N) is 6. The molecule has 52 heavy (non-hydrogen) atoms. The standard InChI is InChI=1S/C39H40N8O4S/c40-36-34-35(25-13-15-28(16-14-25)51-27-9-2-1-3-10-27)44-47(37(34)42-24-41-36)26-8-7-20-45(22-26)19-4-5-21-52-32-12-6-11-29-30(32)23-46(39(29)50)31-17-18-33(48)43-38(31)49/h1-3,6,9-16,24,26,31H,4-5,7-8,17-23H2,(H2,40,41,42)(H,43,48,49)/t26-,31?/m1/s1. The zero-order valence-corrected chi connectivity index (χ0v) is 29.6. The highest BCUT2D eigenvalue weighted by molar-refractivity contribution is 7.99. The van der Waals surface area contributed by atoms with Crippen molar-refractivity contribution in [3.05, 3.63) is 90.3 Å². The minimum atomic E-state index is -0.605. The Morgan fingerprint density at radius 2 is 1.75 bits per heavy atom. The number of amides is 3. The minimum absolute atomic E-state index is 0.135. The highest BCUT2D eigenvalue weighted by Crippen LogP contribution is 2.36. The van der Waals surface area contributed by atoms with E-state index in [2.05, 4.69) is 30.9 Å². The number of ether oxygens (including phenoxy) is 1. The molecule has 3 amide bonds. The largest absolute Gasteiger partial charge is 0.457 e. The van der Waals surface area contributed by atoms with Gasteiger partial charge in [0.2, 0.25) is 11.8 Å². The molecule has 0 bridgehead atoms. The van der Waals surface area contributed by atoms with E-state index >= 15 is 0 Å². The number of benzene rings is 3. The molecule has 3 aliphatic heterocycles. The molecule has 0 radical (unpaired) electrons. The van der Waals surface area contributed by atoms with Crippen molar-refractivity contribution >= 4 is 46.3 Å². The lowest BCUT2D eigenvalue weighted by Crippen LogP contribution is -2.52. The second-order valence-corrected chi connectivity index (χ2v) is 14.7. The summed E-state index contributed by atoms with van der Waals surface area (Å²) < 4.78 is 8.05. The van der Waals surface area contributed by atoms with Crippen molar-refractivity contribution in [2.24, 2.45) is 0 Å². The number of nitrogens with two attached hydrogens (primary N) is 1. The fourth-order valence-electron chi connectivity index (χ4n) is 7.50. The quantitative estimate of drug-likeness (QED) is 0.0971. The lowest BCUT2D eigenvalue weighted by molar-refractivity contribution is -0.136. The van der Waals surface area contributed by atoms with Gasteiger partial charge in [0, 0.05) is 35.5 Å². The Hall–Kier alpha value is -5.27. The van der Waals surface area contributed by atoms with Gasteiger partial charge in [-0.05, 0) is 105 Å². The number of imide groups is 1. The SMILES string of the molecule is Nc1ncnc2c1c(-c1ccc(Oc3ccccc3)cc1)nn2[C@@H]1CCCN(CCCCSc2cccc3c2CN(C2CCC(=O)NC2=O)C3=O)C1. The molecule has 3 N–H and O–H groups in total. The third-order valence-corrected chi connectivity index (χ3v) is 11.3. The van der Waals surface area contributed by atoms with E-state index in [4.69, 9.17) is 15.6 Å². The first-order chi connectivity index (χ1) is 25.4. The van der Waals surface area contributed by atoms with Gasteiger partial charge in [-0.3, -0.25) is 19.7 Å². The van der Waals surface area contributed by atoms with Gasteiger partial charge >= 0.3 is 0 Å². The van der Waals surface area contributed by atoms with Crippen LogP contribution in [0.1, 0.15) is 60.5 Å². The molecule has 0 aliphatic carbocycles. The predicted octanol–water partition coefficient (Wildman–Crippen LogP) is 5.84. The van der Waals surface area contributed by atoms with Gasteiger partial charge in [0.15, 0.2) is 5.65 Å². The fourth-order valence-corrected chi connectivity index (χ4v) is 8.60. The van der Waals surface area contributed by atoms with E-state index in [9.17, 15) is 14.4 Å². The molecule has 12 nitrogen and oxygen atoms in total. The van der Waals surface area contributed by atoms with Gasteiger partial charge in [0.05, 0.1) is 11.4 Å². The number of thioether (sulfide) groups is 1. The Morgan fingerprint density at radius 3 is 2.58 bits per heavy atom. The molecule has 3 aromatic carbocycles. The van der Waals surface area contributed by atoms with Crippen molar-refractivity contribution in [3.63, 3.8) is 0 Å². The topological polar surface area (TPSA) is 149 Å². The Kier molecular flexibility index (Phi) is 9.61. The number of fused-ring (bicyclic) bond motifs is 2. The normalized spacial score (nSPS) is 19.2. The van der Waals surface area contributed by atoms with Gasteiger partial charge in [0.1, 0.15) is 35.4 Å². The van der Waals surface area contributed by atoms with E-state index in [1.165, 1.54) is 6.33 Å². The number of anilines is 1. The maximum atomic E-state index is 13.2. The van der Waals surface area contributed by atoms with Crippen LogP contribution in [0.4, 0.5) is 5.82 Å². The molecule has 2 saturated heterocycles. The number of hydrogen-bond donors (Lipinski definition) is 2. The first-order valence-corrected chi connectivity index (χ1v) is 18.9. The van der Waals surface area contributed by atoms with Crippen LogP contribution in [0.25, 0.3) is 22.3 Å². The first-order valence-electron chi connectivity index (χ1n) is 17.9. The number of nitrogen functional groups attached to an aromatic ring is 1. The van der Waals surface area contributed by atoms with Crippen molar-refractivity contribution in [2.45, 2.75) is 62.0 Å². The number of hydrogen-bond acceptors (Lipinski definition) is 10. The zero-order chi connectivity index (χ0) is 35.6. The summed E-state index contributed by atoms with van der Waals surface area (Å²) in [5.74, 6) is 2.06. The molecule has 2 fully saturated rings. The summed E-state index contributed by atoms with van der Waals surface area (Å²) in [6.07, 6.45) is 6.28. The number of nitrogens with one attached hydrogen (secondary N) is 1. The van der Waals surface area contributed by atoms with Crippen LogP contribution >= 0.6 is 11.8 Å². The van der Waals surface area contributed by atoms with Crippen molar-refractivity contribution < 1.29 is 19.1 Å². The molecule has 266 valence electrons. The summed E-state index contributed by atoms with van der Waals surface area (Å²) >= 11 is 1.77. The summed E-state index contributed by atoms with van der Waals surface area (Å²) in [6.45, 7) is 3.30. The molecular formula is C39H40N8O4S. The Morgan fingerprint density at radius 1 is 0.923 bits per heavy atom. The van der Waals surface area contributed by atoms with E-state index in [0.717, 1.165) is 95.3 Å². The molecule has 2 aromatic heterocycles. The van der Waals surface area contributed by atoms with Crippen LogP contribution in [0.3, 0.4) is 0 Å². The minimum Gasteiger partial charge on any atom is -0.457 e. The first kappa shape index (κ1) is 33.9. The molecule has 8 rings (SSSR count). The van der Waals surface area contributed by atoms with Gasteiger partial charge in [-0.15, -0.1) is 11.8 Å². The number of carbonyl (C=O) groups excluding carboxylic acids is 3. The number of rotatable bonds is 11. The molecule has 0 spiro atoms. The third kappa shape index (κ3) is 6.85. The van der Waals surface area contributed by atoms with E-state index in [-0.39, 0.29) is 30.2 Å². The van der Waals surface area contributed by atoms with Crippen LogP contribution in [0.5, 0.6) is 11.5 Å². The van der Waals surface area contributed by atoms with Crippen LogP contribution in [0, 0.1) is 0 Å². The number of unbranched alkanes of at least 4 members (excludes halogenated alkanes) is 1. The average Bonchev–Trinajstić information content (AvgIpc) is 3.72. The number of likely N-dealkylation sites (tertiary alicyclic amines) is 1. The van der Waals surface area contributed by atoms with E-state index in [0.29, 0.717) is 24.3 Å². The summed E-state index contributed by atoms with van der Waals surface area (Å²) in [4.78, 5) is 51.5. The second kappa shape index (κ2) is 14.8. The fraction of sp³-hybridized carbons (Fsp3) is 0.333. The highest BCUT2D eigenvalue weighted by Gasteiger charge is 2.39.